The van der Waals surface area contributed by atoms with Crippen molar-refractivity contribution in [2.45, 2.75) is 32.9 Å². The number of rotatable bonds is 6. The highest BCUT2D eigenvalue weighted by atomic mass is 16.5. The molecule has 130 valence electrons. The van der Waals surface area contributed by atoms with Gasteiger partial charge in [0, 0.05) is 6.54 Å². The third-order valence-corrected chi connectivity index (χ3v) is 4.26. The highest BCUT2D eigenvalue weighted by Crippen LogP contribution is 2.21. The molecule has 1 aromatic heterocycles. The lowest BCUT2D eigenvalue weighted by Crippen LogP contribution is -2.30. The van der Waals surface area contributed by atoms with E-state index in [1.54, 1.807) is 7.11 Å². The molecule has 0 spiro atoms. The van der Waals surface area contributed by atoms with Gasteiger partial charge >= 0.3 is 0 Å². The van der Waals surface area contributed by atoms with Crippen LogP contribution in [0.2, 0.25) is 0 Å². The van der Waals surface area contributed by atoms with Crippen molar-refractivity contribution in [3.8, 4) is 5.75 Å². The van der Waals surface area contributed by atoms with Gasteiger partial charge in [-0.2, -0.15) is 0 Å². The predicted molar refractivity (Wildman–Crippen MR) is 98.7 cm³/mol. The zero-order valence-corrected chi connectivity index (χ0v) is 14.8. The van der Waals surface area contributed by atoms with E-state index in [0.717, 1.165) is 34.7 Å². The van der Waals surface area contributed by atoms with Crippen molar-refractivity contribution in [1.29, 1.82) is 0 Å². The summed E-state index contributed by atoms with van der Waals surface area (Å²) >= 11 is 0. The van der Waals surface area contributed by atoms with E-state index in [-0.39, 0.29) is 11.9 Å². The van der Waals surface area contributed by atoms with Gasteiger partial charge in [-0.25, -0.2) is 4.98 Å². The Labute approximate surface area is 147 Å². The predicted octanol–water partition coefficient (Wildman–Crippen LogP) is 3.48. The number of ether oxygens (including phenoxy) is 1. The summed E-state index contributed by atoms with van der Waals surface area (Å²) in [4.78, 5) is 17.1. The molecule has 1 heterocycles. The Balaban J connectivity index is 1.75. The fraction of sp³-hybridized carbons (Fsp3) is 0.300. The Morgan fingerprint density at radius 2 is 2.04 bits per heavy atom. The molecule has 0 fully saturated rings. The quantitative estimate of drug-likeness (QED) is 0.749. The first-order chi connectivity index (χ1) is 12.1. The van der Waals surface area contributed by atoms with Gasteiger partial charge in [-0.05, 0) is 43.7 Å². The SMILES string of the molecule is CCn1c(C(C)NC(=O)Cc2cccc(OC)c2)nc2ccccc21. The summed E-state index contributed by atoms with van der Waals surface area (Å²) in [7, 11) is 1.62. The average molecular weight is 337 g/mol. The maximum Gasteiger partial charge on any atom is 0.224 e. The second kappa shape index (κ2) is 7.38. The summed E-state index contributed by atoms with van der Waals surface area (Å²) in [6.45, 7) is 4.87. The van der Waals surface area contributed by atoms with Crippen LogP contribution in [0.15, 0.2) is 48.5 Å². The fourth-order valence-electron chi connectivity index (χ4n) is 3.08. The normalized spacial score (nSPS) is 12.1. The molecule has 1 amide bonds. The first-order valence-electron chi connectivity index (χ1n) is 8.49. The zero-order valence-electron chi connectivity index (χ0n) is 14.8. The van der Waals surface area contributed by atoms with Gasteiger partial charge in [0.1, 0.15) is 11.6 Å². The first kappa shape index (κ1) is 17.0. The summed E-state index contributed by atoms with van der Waals surface area (Å²) in [5.41, 5.74) is 2.97. The first-order valence-corrected chi connectivity index (χ1v) is 8.49. The van der Waals surface area contributed by atoms with Crippen molar-refractivity contribution in [1.82, 2.24) is 14.9 Å². The van der Waals surface area contributed by atoms with Gasteiger partial charge in [0.25, 0.3) is 0 Å². The van der Waals surface area contributed by atoms with E-state index in [4.69, 9.17) is 9.72 Å². The maximum absolute atomic E-state index is 12.4. The van der Waals surface area contributed by atoms with Crippen molar-refractivity contribution in [2.24, 2.45) is 0 Å². The summed E-state index contributed by atoms with van der Waals surface area (Å²) in [5.74, 6) is 1.60. The van der Waals surface area contributed by atoms with Crippen LogP contribution < -0.4 is 10.1 Å². The Hall–Kier alpha value is -2.82. The van der Waals surface area contributed by atoms with Gasteiger partial charge in [0.2, 0.25) is 5.91 Å². The molecule has 3 aromatic rings. The molecule has 1 atom stereocenters. The average Bonchev–Trinajstić information content (AvgIpc) is 3.00. The molecular weight excluding hydrogens is 314 g/mol. The summed E-state index contributed by atoms with van der Waals surface area (Å²) in [6.07, 6.45) is 0.313. The largest absolute Gasteiger partial charge is 0.497 e. The van der Waals surface area contributed by atoms with Crippen LogP contribution in [0.25, 0.3) is 11.0 Å². The standard InChI is InChI=1S/C20H23N3O2/c1-4-23-18-11-6-5-10-17(18)22-20(23)14(2)21-19(24)13-15-8-7-9-16(12-15)25-3/h5-12,14H,4,13H2,1-3H3,(H,21,24). The van der Waals surface area contributed by atoms with Gasteiger partial charge in [-0.1, -0.05) is 24.3 Å². The monoisotopic (exact) mass is 337 g/mol. The molecule has 5 heteroatoms. The third kappa shape index (κ3) is 3.65. The number of nitrogens with one attached hydrogen (secondary N) is 1. The number of methoxy groups -OCH3 is 1. The molecule has 5 nitrogen and oxygen atoms in total. The maximum atomic E-state index is 12.4. The molecule has 0 bridgehead atoms. The highest BCUT2D eigenvalue weighted by Gasteiger charge is 2.17. The molecule has 25 heavy (non-hydrogen) atoms. The third-order valence-electron chi connectivity index (χ3n) is 4.26. The minimum absolute atomic E-state index is 0.0320. The molecular formula is C20H23N3O2. The molecule has 1 unspecified atom stereocenters. The minimum atomic E-state index is -0.162. The van der Waals surface area contributed by atoms with E-state index in [1.807, 2.05) is 49.4 Å². The van der Waals surface area contributed by atoms with Gasteiger partial charge in [0.15, 0.2) is 0 Å². The van der Waals surface area contributed by atoms with E-state index in [2.05, 4.69) is 22.9 Å². The number of amides is 1. The Morgan fingerprint density at radius 1 is 1.24 bits per heavy atom. The van der Waals surface area contributed by atoms with Gasteiger partial charge in [-0.3, -0.25) is 4.79 Å². The Morgan fingerprint density at radius 3 is 2.80 bits per heavy atom. The van der Waals surface area contributed by atoms with Crippen molar-refractivity contribution in [3.63, 3.8) is 0 Å². The number of fused-ring (bicyclic) bond motifs is 1. The van der Waals surface area contributed by atoms with Crippen molar-refractivity contribution in [2.75, 3.05) is 7.11 Å². The number of aryl methyl sites for hydroxylation is 1. The number of aromatic nitrogens is 2. The molecule has 2 aromatic carbocycles. The Bertz CT molecular complexity index is 886. The molecule has 0 radical (unpaired) electrons. The Kier molecular flexibility index (Phi) is 5.03. The van der Waals surface area contributed by atoms with Crippen LogP contribution in [0.3, 0.4) is 0 Å². The van der Waals surface area contributed by atoms with Crippen LogP contribution in [-0.4, -0.2) is 22.6 Å². The number of hydrogen-bond donors (Lipinski definition) is 1. The van der Waals surface area contributed by atoms with Crippen molar-refractivity contribution in [3.05, 3.63) is 59.9 Å². The highest BCUT2D eigenvalue weighted by molar-refractivity contribution is 5.80. The summed E-state index contributed by atoms with van der Waals surface area (Å²) < 4.78 is 7.35. The van der Waals surface area contributed by atoms with Gasteiger partial charge < -0.3 is 14.6 Å². The molecule has 1 N–H and O–H groups in total. The minimum Gasteiger partial charge on any atom is -0.497 e. The van der Waals surface area contributed by atoms with Gasteiger partial charge in [0.05, 0.1) is 30.6 Å². The summed E-state index contributed by atoms with van der Waals surface area (Å²) in [6, 6.07) is 15.4. The van der Waals surface area contributed by atoms with Gasteiger partial charge in [-0.15, -0.1) is 0 Å². The number of carbonyl (C=O) groups is 1. The summed E-state index contributed by atoms with van der Waals surface area (Å²) in [5, 5.41) is 3.05. The number of para-hydroxylation sites is 2. The molecule has 0 aliphatic carbocycles. The van der Waals surface area contributed by atoms with E-state index in [0.29, 0.717) is 6.42 Å². The van der Waals surface area contributed by atoms with Crippen LogP contribution in [0.4, 0.5) is 0 Å². The van der Waals surface area contributed by atoms with Crippen LogP contribution in [0, 0.1) is 0 Å². The van der Waals surface area contributed by atoms with Crippen molar-refractivity contribution < 1.29 is 9.53 Å². The second-order valence-electron chi connectivity index (χ2n) is 6.02. The molecule has 0 saturated carbocycles. The van der Waals surface area contributed by atoms with E-state index in [9.17, 15) is 4.79 Å². The number of carbonyl (C=O) groups excluding carboxylic acids is 1. The molecule has 0 aliphatic heterocycles. The zero-order chi connectivity index (χ0) is 17.8. The van der Waals surface area contributed by atoms with E-state index >= 15 is 0 Å². The topological polar surface area (TPSA) is 56.2 Å². The van der Waals surface area contributed by atoms with E-state index < -0.39 is 0 Å². The fourth-order valence-corrected chi connectivity index (χ4v) is 3.08. The molecule has 0 saturated heterocycles. The smallest absolute Gasteiger partial charge is 0.224 e. The lowest BCUT2D eigenvalue weighted by atomic mass is 10.1. The second-order valence-corrected chi connectivity index (χ2v) is 6.02. The van der Waals surface area contributed by atoms with Crippen LogP contribution in [0.1, 0.15) is 31.3 Å². The van der Waals surface area contributed by atoms with Crippen LogP contribution in [0.5, 0.6) is 5.75 Å². The number of nitrogens with zero attached hydrogens (tertiary/aromatic N) is 2. The number of imidazole rings is 1. The number of hydrogen-bond acceptors (Lipinski definition) is 3. The lowest BCUT2D eigenvalue weighted by Gasteiger charge is -2.15. The lowest BCUT2D eigenvalue weighted by molar-refractivity contribution is -0.121. The molecule has 3 rings (SSSR count). The van der Waals surface area contributed by atoms with E-state index in [1.165, 1.54) is 0 Å². The molecule has 0 aliphatic rings. The van der Waals surface area contributed by atoms with Crippen LogP contribution in [-0.2, 0) is 17.8 Å². The number of benzene rings is 2. The van der Waals surface area contributed by atoms with Crippen molar-refractivity contribution >= 4 is 16.9 Å². The van der Waals surface area contributed by atoms with Crippen LogP contribution >= 0.6 is 0 Å².